The lowest BCUT2D eigenvalue weighted by molar-refractivity contribution is -0.113. The van der Waals surface area contributed by atoms with Gasteiger partial charge in [-0.25, -0.2) is 0 Å². The smallest absolute Gasteiger partial charge is 0.234 e. The van der Waals surface area contributed by atoms with Gasteiger partial charge in [-0.2, -0.15) is 0 Å². The number of nitrogens with zero attached hydrogens (tertiary/aromatic N) is 2. The van der Waals surface area contributed by atoms with Crippen LogP contribution in [0.3, 0.4) is 0 Å². The van der Waals surface area contributed by atoms with Gasteiger partial charge in [0, 0.05) is 43.3 Å². The molecule has 1 N–H and O–H groups in total. The molecule has 0 bridgehead atoms. The maximum absolute atomic E-state index is 12.2. The summed E-state index contributed by atoms with van der Waals surface area (Å²) in [6, 6.07) is 16.4. The number of anilines is 1. The molecule has 4 nitrogen and oxygen atoms in total. The maximum atomic E-state index is 12.2. The summed E-state index contributed by atoms with van der Waals surface area (Å²) in [5.74, 6) is 0.457. The van der Waals surface area contributed by atoms with E-state index in [2.05, 4.69) is 53.4 Å². The Balaban J connectivity index is 1.46. The number of hydrogen-bond donors (Lipinski definition) is 1. The fourth-order valence-corrected chi connectivity index (χ4v) is 3.85. The fourth-order valence-electron chi connectivity index (χ4n) is 3.02. The van der Waals surface area contributed by atoms with E-state index in [1.54, 1.807) is 11.8 Å². The zero-order valence-corrected chi connectivity index (χ0v) is 16.4. The SMILES string of the molecule is Cc1ccccc1SCC(=O)Nc1ccc(CN2CCN(C)CC2)cc1. The van der Waals surface area contributed by atoms with Crippen molar-refractivity contribution in [1.82, 2.24) is 9.80 Å². The molecule has 0 radical (unpaired) electrons. The maximum Gasteiger partial charge on any atom is 0.234 e. The summed E-state index contributed by atoms with van der Waals surface area (Å²) in [5, 5.41) is 2.99. The van der Waals surface area contributed by atoms with E-state index in [0.717, 1.165) is 43.3 Å². The molecule has 138 valence electrons. The lowest BCUT2D eigenvalue weighted by Crippen LogP contribution is -2.43. The van der Waals surface area contributed by atoms with Crippen LogP contribution in [0.5, 0.6) is 0 Å². The largest absolute Gasteiger partial charge is 0.325 e. The monoisotopic (exact) mass is 369 g/mol. The molecule has 2 aromatic rings. The molecule has 0 unspecified atom stereocenters. The lowest BCUT2D eigenvalue weighted by atomic mass is 10.2. The summed E-state index contributed by atoms with van der Waals surface area (Å²) in [4.78, 5) is 18.2. The molecule has 1 heterocycles. The highest BCUT2D eigenvalue weighted by Crippen LogP contribution is 2.22. The van der Waals surface area contributed by atoms with Crippen molar-refractivity contribution in [3.05, 3.63) is 59.7 Å². The van der Waals surface area contributed by atoms with Gasteiger partial charge in [0.1, 0.15) is 0 Å². The molecule has 0 saturated carbocycles. The van der Waals surface area contributed by atoms with Crippen molar-refractivity contribution in [2.45, 2.75) is 18.4 Å². The number of likely N-dealkylation sites (N-methyl/N-ethyl adjacent to an activating group) is 1. The van der Waals surface area contributed by atoms with Crippen molar-refractivity contribution in [2.24, 2.45) is 0 Å². The Kier molecular flexibility index (Phi) is 6.72. The predicted octanol–water partition coefficient (Wildman–Crippen LogP) is 3.47. The van der Waals surface area contributed by atoms with Crippen LogP contribution in [0.25, 0.3) is 0 Å². The Bertz CT molecular complexity index is 724. The third-order valence-electron chi connectivity index (χ3n) is 4.69. The first kappa shape index (κ1) is 19.0. The molecule has 5 heteroatoms. The van der Waals surface area contributed by atoms with E-state index in [9.17, 15) is 4.79 Å². The van der Waals surface area contributed by atoms with Gasteiger partial charge in [0.05, 0.1) is 5.75 Å². The number of aryl methyl sites for hydroxylation is 1. The quantitative estimate of drug-likeness (QED) is 0.791. The molecular weight excluding hydrogens is 342 g/mol. The van der Waals surface area contributed by atoms with Crippen molar-refractivity contribution < 1.29 is 4.79 Å². The van der Waals surface area contributed by atoms with Gasteiger partial charge in [0.25, 0.3) is 0 Å². The summed E-state index contributed by atoms with van der Waals surface area (Å²) in [7, 11) is 2.17. The highest BCUT2D eigenvalue weighted by atomic mass is 32.2. The standard InChI is InChI=1S/C21H27N3OS/c1-17-5-3-4-6-20(17)26-16-21(25)22-19-9-7-18(8-10-19)15-24-13-11-23(2)12-14-24/h3-10H,11-16H2,1-2H3,(H,22,25). The molecule has 0 aromatic heterocycles. The number of rotatable bonds is 6. The third kappa shape index (κ3) is 5.59. The Morgan fingerprint density at radius 1 is 1.04 bits per heavy atom. The van der Waals surface area contributed by atoms with Gasteiger partial charge < -0.3 is 10.2 Å². The number of nitrogens with one attached hydrogen (secondary N) is 1. The average Bonchev–Trinajstić information content (AvgIpc) is 2.64. The zero-order chi connectivity index (χ0) is 18.4. The van der Waals surface area contributed by atoms with Gasteiger partial charge >= 0.3 is 0 Å². The number of amides is 1. The van der Waals surface area contributed by atoms with Gasteiger partial charge in [-0.3, -0.25) is 9.69 Å². The zero-order valence-electron chi connectivity index (χ0n) is 15.6. The molecule has 2 aromatic carbocycles. The molecule has 0 spiro atoms. The van der Waals surface area contributed by atoms with Crippen LogP contribution < -0.4 is 5.32 Å². The normalized spacial score (nSPS) is 15.8. The molecule has 1 fully saturated rings. The lowest BCUT2D eigenvalue weighted by Gasteiger charge is -2.32. The summed E-state index contributed by atoms with van der Waals surface area (Å²) in [6.07, 6.45) is 0. The second kappa shape index (κ2) is 9.21. The minimum atomic E-state index is 0.0325. The van der Waals surface area contributed by atoms with Crippen LogP contribution in [-0.4, -0.2) is 54.7 Å². The third-order valence-corrected chi connectivity index (χ3v) is 5.87. The number of piperazine rings is 1. The Morgan fingerprint density at radius 2 is 1.73 bits per heavy atom. The molecule has 0 atom stereocenters. The number of hydrogen-bond acceptors (Lipinski definition) is 4. The van der Waals surface area contributed by atoms with Gasteiger partial charge in [-0.1, -0.05) is 30.3 Å². The summed E-state index contributed by atoms with van der Waals surface area (Å²) < 4.78 is 0. The van der Waals surface area contributed by atoms with Crippen LogP contribution in [0.15, 0.2) is 53.4 Å². The van der Waals surface area contributed by atoms with Crippen LogP contribution in [-0.2, 0) is 11.3 Å². The van der Waals surface area contributed by atoms with Crippen molar-refractivity contribution in [3.8, 4) is 0 Å². The van der Waals surface area contributed by atoms with Crippen LogP contribution >= 0.6 is 11.8 Å². The van der Waals surface area contributed by atoms with Gasteiger partial charge in [0.15, 0.2) is 0 Å². The second-order valence-electron chi connectivity index (χ2n) is 6.88. The van der Waals surface area contributed by atoms with Crippen LogP contribution in [0.4, 0.5) is 5.69 Å². The minimum absolute atomic E-state index is 0.0325. The summed E-state index contributed by atoms with van der Waals surface area (Å²) >= 11 is 1.58. The van der Waals surface area contributed by atoms with Crippen molar-refractivity contribution in [2.75, 3.05) is 44.3 Å². The Hall–Kier alpha value is -1.82. The van der Waals surface area contributed by atoms with E-state index in [0.29, 0.717) is 5.75 Å². The highest BCUT2D eigenvalue weighted by Gasteiger charge is 2.13. The Labute approximate surface area is 160 Å². The van der Waals surface area contributed by atoms with Crippen LogP contribution in [0.1, 0.15) is 11.1 Å². The molecule has 1 aliphatic rings. The summed E-state index contributed by atoms with van der Waals surface area (Å²) in [5.41, 5.74) is 3.36. The van der Waals surface area contributed by atoms with Crippen molar-refractivity contribution in [3.63, 3.8) is 0 Å². The first-order valence-electron chi connectivity index (χ1n) is 9.08. The Morgan fingerprint density at radius 3 is 2.42 bits per heavy atom. The fraction of sp³-hybridized carbons (Fsp3) is 0.381. The van der Waals surface area contributed by atoms with Gasteiger partial charge in [0.2, 0.25) is 5.91 Å². The number of benzene rings is 2. The highest BCUT2D eigenvalue weighted by molar-refractivity contribution is 8.00. The molecule has 1 aliphatic heterocycles. The van der Waals surface area contributed by atoms with E-state index >= 15 is 0 Å². The van der Waals surface area contributed by atoms with Gasteiger partial charge in [-0.15, -0.1) is 11.8 Å². The first-order valence-corrected chi connectivity index (χ1v) is 10.1. The van der Waals surface area contributed by atoms with Crippen molar-refractivity contribution >= 4 is 23.4 Å². The van der Waals surface area contributed by atoms with E-state index in [4.69, 9.17) is 0 Å². The molecular formula is C21H27N3OS. The topological polar surface area (TPSA) is 35.6 Å². The average molecular weight is 370 g/mol. The van der Waals surface area contributed by atoms with Crippen LogP contribution in [0, 0.1) is 6.92 Å². The molecule has 26 heavy (non-hydrogen) atoms. The molecule has 1 saturated heterocycles. The van der Waals surface area contributed by atoms with E-state index in [1.807, 2.05) is 24.3 Å². The van der Waals surface area contributed by atoms with E-state index in [1.165, 1.54) is 11.1 Å². The number of carbonyl (C=O) groups is 1. The summed E-state index contributed by atoms with van der Waals surface area (Å²) in [6.45, 7) is 7.54. The predicted molar refractivity (Wildman–Crippen MR) is 110 cm³/mol. The minimum Gasteiger partial charge on any atom is -0.325 e. The van der Waals surface area contributed by atoms with E-state index < -0.39 is 0 Å². The number of thioether (sulfide) groups is 1. The molecule has 0 aliphatic carbocycles. The second-order valence-corrected chi connectivity index (χ2v) is 7.90. The van der Waals surface area contributed by atoms with Gasteiger partial charge in [-0.05, 0) is 43.3 Å². The molecule has 1 amide bonds. The van der Waals surface area contributed by atoms with Crippen molar-refractivity contribution in [1.29, 1.82) is 0 Å². The number of carbonyl (C=O) groups excluding carboxylic acids is 1. The first-order chi connectivity index (χ1) is 12.6. The van der Waals surface area contributed by atoms with Crippen LogP contribution in [0.2, 0.25) is 0 Å². The van der Waals surface area contributed by atoms with E-state index in [-0.39, 0.29) is 5.91 Å². The molecule has 3 rings (SSSR count).